The smallest absolute Gasteiger partial charge is 0.255 e. The monoisotopic (exact) mass is 449 g/mol. The first-order valence-corrected chi connectivity index (χ1v) is 10.5. The minimum Gasteiger partial charge on any atom is -0.326 e. The number of carbonyl (C=O) groups excluding carboxylic acids is 2. The number of rotatable bonds is 5. The van der Waals surface area contributed by atoms with E-state index in [2.05, 4.69) is 25.8 Å². The first-order chi connectivity index (χ1) is 16.6. The van der Waals surface area contributed by atoms with E-state index < -0.39 is 0 Å². The van der Waals surface area contributed by atoms with Crippen LogP contribution in [0.1, 0.15) is 17.3 Å². The molecule has 0 radical (unpaired) electrons. The summed E-state index contributed by atoms with van der Waals surface area (Å²) in [6, 6.07) is 21.6. The van der Waals surface area contributed by atoms with E-state index in [9.17, 15) is 9.59 Å². The summed E-state index contributed by atoms with van der Waals surface area (Å²) in [6.07, 6.45) is 3.40. The maximum Gasteiger partial charge on any atom is 0.255 e. The summed E-state index contributed by atoms with van der Waals surface area (Å²) in [6.45, 7) is 1.43. The average molecular weight is 449 g/mol. The molecule has 0 saturated heterocycles. The summed E-state index contributed by atoms with van der Waals surface area (Å²) in [5.41, 5.74) is 4.92. The Labute approximate surface area is 194 Å². The van der Waals surface area contributed by atoms with Gasteiger partial charge >= 0.3 is 0 Å². The summed E-state index contributed by atoms with van der Waals surface area (Å²) >= 11 is 0. The second kappa shape index (κ2) is 8.91. The van der Waals surface area contributed by atoms with E-state index in [-0.39, 0.29) is 11.8 Å². The minimum absolute atomic E-state index is 0.163. The van der Waals surface area contributed by atoms with Gasteiger partial charge in [0.05, 0.1) is 5.69 Å². The van der Waals surface area contributed by atoms with Crippen LogP contribution in [0.4, 0.5) is 11.4 Å². The number of hydrogen-bond donors (Lipinski definition) is 2. The lowest BCUT2D eigenvalue weighted by Gasteiger charge is -2.08. The number of hydrogen-bond acceptors (Lipinski definition) is 6. The molecule has 0 atom stereocenters. The van der Waals surface area contributed by atoms with Crippen LogP contribution in [0, 0.1) is 0 Å². The van der Waals surface area contributed by atoms with E-state index in [0.29, 0.717) is 28.4 Å². The normalized spacial score (nSPS) is 10.7. The van der Waals surface area contributed by atoms with Crippen molar-refractivity contribution in [2.24, 2.45) is 0 Å². The Balaban J connectivity index is 1.34. The zero-order valence-corrected chi connectivity index (χ0v) is 18.1. The van der Waals surface area contributed by atoms with Gasteiger partial charge in [0.1, 0.15) is 0 Å². The molecule has 0 aliphatic rings. The Kier molecular flexibility index (Phi) is 5.49. The molecule has 2 N–H and O–H groups in total. The lowest BCUT2D eigenvalue weighted by Crippen LogP contribution is -2.12. The highest BCUT2D eigenvalue weighted by Crippen LogP contribution is 2.23. The van der Waals surface area contributed by atoms with Crippen LogP contribution in [0.15, 0.2) is 85.2 Å². The van der Waals surface area contributed by atoms with Crippen LogP contribution in [0.5, 0.6) is 0 Å². The third-order valence-electron chi connectivity index (χ3n) is 5.11. The van der Waals surface area contributed by atoms with Crippen molar-refractivity contribution in [3.63, 3.8) is 0 Å². The van der Waals surface area contributed by atoms with Gasteiger partial charge in [-0.2, -0.15) is 9.61 Å². The highest BCUT2D eigenvalue weighted by Gasteiger charge is 2.11. The molecule has 0 unspecified atom stereocenters. The molecule has 0 spiro atoms. The van der Waals surface area contributed by atoms with Crippen LogP contribution in [0.25, 0.3) is 28.3 Å². The molecule has 9 heteroatoms. The van der Waals surface area contributed by atoms with E-state index in [4.69, 9.17) is 5.10 Å². The van der Waals surface area contributed by atoms with Gasteiger partial charge in [-0.3, -0.25) is 14.6 Å². The van der Waals surface area contributed by atoms with E-state index in [1.54, 1.807) is 41.2 Å². The first-order valence-electron chi connectivity index (χ1n) is 10.5. The van der Waals surface area contributed by atoms with Crippen molar-refractivity contribution in [1.82, 2.24) is 24.8 Å². The van der Waals surface area contributed by atoms with E-state index in [0.717, 1.165) is 16.8 Å². The molecule has 9 nitrogen and oxygen atoms in total. The zero-order valence-electron chi connectivity index (χ0n) is 18.1. The molecule has 0 bridgehead atoms. The number of pyridine rings is 1. The van der Waals surface area contributed by atoms with Gasteiger partial charge in [0.25, 0.3) is 5.91 Å². The van der Waals surface area contributed by atoms with E-state index in [1.165, 1.54) is 6.92 Å². The Morgan fingerprint density at radius 2 is 1.41 bits per heavy atom. The average Bonchev–Trinajstić information content (AvgIpc) is 3.28. The standard InChI is InChI=1S/C25H19N7O2/c1-16(33)27-20-8-4-19(5-9-20)25(34)28-21-6-2-17(3-7-21)22-10-11-23-29-30-24(32(23)31-22)18-12-14-26-15-13-18/h2-15H,1H3,(H,27,33)(H,28,34). The van der Waals surface area contributed by atoms with Crippen molar-refractivity contribution in [2.75, 3.05) is 10.6 Å². The molecule has 34 heavy (non-hydrogen) atoms. The van der Waals surface area contributed by atoms with Gasteiger partial charge in [0.2, 0.25) is 5.91 Å². The Bertz CT molecular complexity index is 1480. The largest absolute Gasteiger partial charge is 0.326 e. The first kappa shape index (κ1) is 21.0. The maximum absolute atomic E-state index is 12.6. The summed E-state index contributed by atoms with van der Waals surface area (Å²) in [7, 11) is 0. The quantitative estimate of drug-likeness (QED) is 0.418. The van der Waals surface area contributed by atoms with Crippen molar-refractivity contribution in [1.29, 1.82) is 0 Å². The molecular weight excluding hydrogens is 430 g/mol. The summed E-state index contributed by atoms with van der Waals surface area (Å²) in [4.78, 5) is 27.7. The van der Waals surface area contributed by atoms with Crippen molar-refractivity contribution in [2.45, 2.75) is 6.92 Å². The molecule has 3 aromatic heterocycles. The molecule has 0 aliphatic carbocycles. The lowest BCUT2D eigenvalue weighted by atomic mass is 10.1. The van der Waals surface area contributed by atoms with Crippen molar-refractivity contribution < 1.29 is 9.59 Å². The molecule has 2 amide bonds. The predicted molar refractivity (Wildman–Crippen MR) is 128 cm³/mol. The SMILES string of the molecule is CC(=O)Nc1ccc(C(=O)Nc2ccc(-c3ccc4nnc(-c5ccncc5)n4n3)cc2)cc1. The van der Waals surface area contributed by atoms with Gasteiger partial charge in [-0.1, -0.05) is 12.1 Å². The number of anilines is 2. The maximum atomic E-state index is 12.6. The number of fused-ring (bicyclic) bond motifs is 1. The van der Waals surface area contributed by atoms with Crippen LogP contribution >= 0.6 is 0 Å². The fourth-order valence-corrected chi connectivity index (χ4v) is 3.46. The third-order valence-corrected chi connectivity index (χ3v) is 5.11. The number of benzene rings is 2. The van der Waals surface area contributed by atoms with E-state index >= 15 is 0 Å². The number of amides is 2. The Morgan fingerprint density at radius 1 is 0.735 bits per heavy atom. The molecule has 0 aliphatic heterocycles. The molecule has 0 fully saturated rings. The van der Waals surface area contributed by atoms with Crippen LogP contribution < -0.4 is 10.6 Å². The van der Waals surface area contributed by atoms with Crippen molar-refractivity contribution >= 4 is 28.8 Å². The lowest BCUT2D eigenvalue weighted by molar-refractivity contribution is -0.114. The van der Waals surface area contributed by atoms with Gasteiger partial charge in [-0.15, -0.1) is 10.2 Å². The third kappa shape index (κ3) is 4.35. The highest BCUT2D eigenvalue weighted by molar-refractivity contribution is 6.04. The van der Waals surface area contributed by atoms with Gasteiger partial charge in [-0.25, -0.2) is 0 Å². The molecule has 0 saturated carbocycles. The second-order valence-corrected chi connectivity index (χ2v) is 7.54. The number of carbonyl (C=O) groups is 2. The minimum atomic E-state index is -0.242. The van der Waals surface area contributed by atoms with Crippen LogP contribution in [-0.2, 0) is 4.79 Å². The number of nitrogens with one attached hydrogen (secondary N) is 2. The molecule has 166 valence electrons. The van der Waals surface area contributed by atoms with Crippen LogP contribution in [0.2, 0.25) is 0 Å². The van der Waals surface area contributed by atoms with Crippen molar-refractivity contribution in [3.8, 4) is 22.6 Å². The molecule has 2 aromatic carbocycles. The number of nitrogens with zero attached hydrogens (tertiary/aromatic N) is 5. The van der Waals surface area contributed by atoms with Gasteiger partial charge < -0.3 is 10.6 Å². The summed E-state index contributed by atoms with van der Waals surface area (Å²) in [5.74, 6) is 0.227. The molecule has 5 rings (SSSR count). The second-order valence-electron chi connectivity index (χ2n) is 7.54. The van der Waals surface area contributed by atoms with E-state index in [1.807, 2.05) is 48.5 Å². The molecule has 3 heterocycles. The Morgan fingerprint density at radius 3 is 2.12 bits per heavy atom. The van der Waals surface area contributed by atoms with Crippen molar-refractivity contribution in [3.05, 3.63) is 90.8 Å². The van der Waals surface area contributed by atoms with Gasteiger partial charge in [0.15, 0.2) is 11.5 Å². The predicted octanol–water partition coefficient (Wildman–Crippen LogP) is 4.06. The summed E-state index contributed by atoms with van der Waals surface area (Å²) < 4.78 is 1.70. The van der Waals surface area contributed by atoms with Crippen LogP contribution in [0.3, 0.4) is 0 Å². The van der Waals surface area contributed by atoms with Gasteiger partial charge in [0, 0.05) is 47.4 Å². The van der Waals surface area contributed by atoms with Gasteiger partial charge in [-0.05, 0) is 60.7 Å². The zero-order chi connectivity index (χ0) is 23.5. The van der Waals surface area contributed by atoms with Crippen LogP contribution in [-0.4, -0.2) is 36.6 Å². The fraction of sp³-hybridized carbons (Fsp3) is 0.0400. The Hall–Kier alpha value is -4.92. The topological polar surface area (TPSA) is 114 Å². The molecular formula is C25H19N7O2. The number of aromatic nitrogens is 5. The summed E-state index contributed by atoms with van der Waals surface area (Å²) in [5, 5.41) is 18.7. The fourth-order valence-electron chi connectivity index (χ4n) is 3.46. The molecule has 5 aromatic rings. The highest BCUT2D eigenvalue weighted by atomic mass is 16.2.